The number of hydrazine groups is 1. The lowest BCUT2D eigenvalue weighted by molar-refractivity contribution is -0.117. The quantitative estimate of drug-likeness (QED) is 0.282. The van der Waals surface area contributed by atoms with Gasteiger partial charge in [0, 0.05) is 6.92 Å². The number of hydrogen-bond donors (Lipinski definition) is 3. The van der Waals surface area contributed by atoms with Gasteiger partial charge in [-0.2, -0.15) is 0 Å². The summed E-state index contributed by atoms with van der Waals surface area (Å²) in [5.74, 6) is -1.20. The highest BCUT2D eigenvalue weighted by molar-refractivity contribution is 5.90. The van der Waals surface area contributed by atoms with E-state index in [1.165, 1.54) is 24.1 Å². The van der Waals surface area contributed by atoms with Crippen molar-refractivity contribution < 1.29 is 29.0 Å². The fourth-order valence-corrected chi connectivity index (χ4v) is 2.85. The van der Waals surface area contributed by atoms with Crippen molar-refractivity contribution in [2.45, 2.75) is 19.6 Å². The molecule has 0 bridgehead atoms. The Labute approximate surface area is 173 Å². The number of aliphatic hydroxyl groups is 1. The van der Waals surface area contributed by atoms with Crippen LogP contribution in [0.25, 0.3) is 0 Å². The number of nitrogens with one attached hydrogen (secondary N) is 1. The number of anilines is 1. The van der Waals surface area contributed by atoms with Crippen molar-refractivity contribution in [1.82, 2.24) is 5.43 Å². The number of carboxylic acids is 1. The number of aliphatic hydroxyl groups excluding tert-OH is 1. The zero-order chi connectivity index (χ0) is 21.5. The molecule has 0 radical (unpaired) electrons. The van der Waals surface area contributed by atoms with Gasteiger partial charge in [-0.3, -0.25) is 4.79 Å². The highest BCUT2D eigenvalue weighted by atomic mass is 16.5. The number of aromatic carboxylic acids is 1. The molecule has 8 heteroatoms. The highest BCUT2D eigenvalue weighted by Gasteiger charge is 2.14. The maximum absolute atomic E-state index is 12.0. The van der Waals surface area contributed by atoms with Crippen molar-refractivity contribution in [2.24, 2.45) is 0 Å². The van der Waals surface area contributed by atoms with Crippen molar-refractivity contribution in [1.29, 1.82) is 0 Å². The van der Waals surface area contributed by atoms with Crippen molar-refractivity contribution in [3.63, 3.8) is 0 Å². The van der Waals surface area contributed by atoms with Crippen molar-refractivity contribution in [2.75, 3.05) is 11.7 Å². The molecule has 30 heavy (non-hydrogen) atoms. The third-order valence-electron chi connectivity index (χ3n) is 4.34. The van der Waals surface area contributed by atoms with E-state index in [0.29, 0.717) is 17.0 Å². The van der Waals surface area contributed by atoms with Crippen molar-refractivity contribution in [3.8, 4) is 0 Å². The lowest BCUT2D eigenvalue weighted by atomic mass is 10.0. The smallest absolute Gasteiger partial charge is 0.371 e. The summed E-state index contributed by atoms with van der Waals surface area (Å²) in [5, 5.41) is 20.7. The van der Waals surface area contributed by atoms with Gasteiger partial charge in [0.05, 0.1) is 5.69 Å². The number of carbonyl (C=O) groups excluding carboxylic acids is 1. The Morgan fingerprint density at radius 2 is 1.70 bits per heavy atom. The number of benzene rings is 2. The van der Waals surface area contributed by atoms with Crippen LogP contribution < -0.4 is 10.4 Å². The van der Waals surface area contributed by atoms with E-state index < -0.39 is 12.1 Å². The Bertz CT molecular complexity index is 984. The molecule has 0 spiro atoms. The van der Waals surface area contributed by atoms with Crippen LogP contribution in [0.5, 0.6) is 0 Å². The van der Waals surface area contributed by atoms with Gasteiger partial charge in [-0.05, 0) is 35.4 Å². The first-order valence-corrected chi connectivity index (χ1v) is 9.22. The fourth-order valence-electron chi connectivity index (χ4n) is 2.85. The van der Waals surface area contributed by atoms with Crippen LogP contribution in [0.15, 0.2) is 71.1 Å². The Morgan fingerprint density at radius 1 is 1.03 bits per heavy atom. The van der Waals surface area contributed by atoms with Crippen LogP contribution in [-0.4, -0.2) is 28.8 Å². The summed E-state index contributed by atoms with van der Waals surface area (Å²) in [4.78, 5) is 22.8. The molecule has 1 heterocycles. The molecular weight excluding hydrogens is 388 g/mol. The Morgan fingerprint density at radius 3 is 2.30 bits per heavy atom. The molecule has 8 nitrogen and oxygen atoms in total. The van der Waals surface area contributed by atoms with Crippen LogP contribution in [0, 0.1) is 0 Å². The number of carboxylic acid groups (broad SMARTS) is 1. The topological polar surface area (TPSA) is 112 Å². The minimum atomic E-state index is -1.15. The number of nitrogens with zero attached hydrogens (tertiary/aromatic N) is 1. The van der Waals surface area contributed by atoms with Gasteiger partial charge in [0.2, 0.25) is 11.7 Å². The molecule has 156 valence electrons. The maximum Gasteiger partial charge on any atom is 0.371 e. The lowest BCUT2D eigenvalue weighted by Gasteiger charge is -2.22. The van der Waals surface area contributed by atoms with Gasteiger partial charge in [0.15, 0.2) is 0 Å². The number of carbonyl (C=O) groups is 2. The second-order valence-electron chi connectivity index (χ2n) is 6.48. The summed E-state index contributed by atoms with van der Waals surface area (Å²) in [5.41, 5.74) is 4.93. The first-order valence-electron chi connectivity index (χ1n) is 9.22. The van der Waals surface area contributed by atoms with Crippen LogP contribution in [0.4, 0.5) is 5.69 Å². The van der Waals surface area contributed by atoms with E-state index in [1.54, 1.807) is 24.3 Å². The molecule has 2 aromatic carbocycles. The molecule has 1 amide bonds. The van der Waals surface area contributed by atoms with Crippen molar-refractivity contribution in [3.05, 3.63) is 89.4 Å². The van der Waals surface area contributed by atoms with Crippen molar-refractivity contribution >= 4 is 17.6 Å². The lowest BCUT2D eigenvalue weighted by Crippen LogP contribution is -2.42. The van der Waals surface area contributed by atoms with Gasteiger partial charge in [-0.15, -0.1) is 0 Å². The predicted molar refractivity (Wildman–Crippen MR) is 109 cm³/mol. The molecule has 3 aromatic rings. The molecule has 0 aliphatic rings. The number of hydrogen-bond acceptors (Lipinski definition) is 6. The molecule has 0 aliphatic heterocycles. The van der Waals surface area contributed by atoms with E-state index in [-0.39, 0.29) is 25.0 Å². The molecule has 0 saturated heterocycles. The Balaban J connectivity index is 1.57. The van der Waals surface area contributed by atoms with Gasteiger partial charge >= 0.3 is 5.97 Å². The Kier molecular flexibility index (Phi) is 6.97. The van der Waals surface area contributed by atoms with Crippen LogP contribution in [0.2, 0.25) is 0 Å². The normalized spacial score (nSPS) is 11.8. The largest absolute Gasteiger partial charge is 0.475 e. The van der Waals surface area contributed by atoms with E-state index in [1.807, 2.05) is 30.3 Å². The van der Waals surface area contributed by atoms with E-state index >= 15 is 0 Å². The van der Waals surface area contributed by atoms with Gasteiger partial charge in [0.1, 0.15) is 25.2 Å². The minimum absolute atomic E-state index is 0.00290. The first kappa shape index (κ1) is 21.3. The molecule has 1 unspecified atom stereocenters. The summed E-state index contributed by atoms with van der Waals surface area (Å²) in [6.07, 6.45) is -0.758. The summed E-state index contributed by atoms with van der Waals surface area (Å²) in [6.45, 7) is 1.46. The summed E-state index contributed by atoms with van der Waals surface area (Å²) < 4.78 is 10.5. The van der Waals surface area contributed by atoms with Crippen LogP contribution in [0.3, 0.4) is 0 Å². The van der Waals surface area contributed by atoms with E-state index in [0.717, 1.165) is 5.56 Å². The zero-order valence-corrected chi connectivity index (χ0v) is 16.3. The number of ether oxygens (including phenoxy) is 1. The molecule has 0 fully saturated rings. The summed E-state index contributed by atoms with van der Waals surface area (Å²) in [7, 11) is 0. The first-order chi connectivity index (χ1) is 14.5. The van der Waals surface area contributed by atoms with Gasteiger partial charge in [-0.1, -0.05) is 42.5 Å². The molecular formula is C22H22N2O6. The average Bonchev–Trinajstić information content (AvgIpc) is 3.23. The molecule has 0 saturated carbocycles. The monoisotopic (exact) mass is 410 g/mol. The maximum atomic E-state index is 12.0. The van der Waals surface area contributed by atoms with Gasteiger partial charge < -0.3 is 19.4 Å². The standard InChI is InChI=1S/C22H22N2O6/c1-15(25)24(23-14-29-13-19-11-12-20(30-19)22(27)28)18-9-7-17(8-10-18)21(26)16-5-3-2-4-6-16/h2-12,21,23,26H,13-14H2,1H3,(H,27,28). The van der Waals surface area contributed by atoms with Gasteiger partial charge in [0.25, 0.3) is 0 Å². The van der Waals surface area contributed by atoms with E-state index in [4.69, 9.17) is 14.3 Å². The second kappa shape index (κ2) is 9.84. The molecule has 1 aromatic heterocycles. The number of furan rings is 1. The summed E-state index contributed by atoms with van der Waals surface area (Å²) in [6, 6.07) is 19.1. The average molecular weight is 410 g/mol. The third-order valence-corrected chi connectivity index (χ3v) is 4.34. The molecule has 0 aliphatic carbocycles. The van der Waals surface area contributed by atoms with Crippen LogP contribution in [0.1, 0.15) is 40.5 Å². The predicted octanol–water partition coefficient (Wildman–Crippen LogP) is 3.09. The highest BCUT2D eigenvalue weighted by Crippen LogP contribution is 2.24. The minimum Gasteiger partial charge on any atom is -0.475 e. The van der Waals surface area contributed by atoms with Crippen LogP contribution >= 0.6 is 0 Å². The SMILES string of the molecule is CC(=O)N(NCOCc1ccc(C(=O)O)o1)c1ccc(C(O)c2ccccc2)cc1. The zero-order valence-electron chi connectivity index (χ0n) is 16.3. The van der Waals surface area contributed by atoms with Crippen LogP contribution in [-0.2, 0) is 16.1 Å². The fraction of sp³-hybridized carbons (Fsp3) is 0.182. The van der Waals surface area contributed by atoms with E-state index in [2.05, 4.69) is 5.43 Å². The molecule has 1 atom stereocenters. The molecule has 3 rings (SSSR count). The Hall–Kier alpha value is -3.46. The second-order valence-corrected chi connectivity index (χ2v) is 6.48. The molecule has 3 N–H and O–H groups in total. The number of amides is 1. The summed E-state index contributed by atoms with van der Waals surface area (Å²) >= 11 is 0. The number of rotatable bonds is 9. The third kappa shape index (κ3) is 5.32. The van der Waals surface area contributed by atoms with Gasteiger partial charge in [-0.25, -0.2) is 15.2 Å². The van der Waals surface area contributed by atoms with E-state index in [9.17, 15) is 14.7 Å².